The van der Waals surface area contributed by atoms with Gasteiger partial charge in [0.15, 0.2) is 0 Å². The summed E-state index contributed by atoms with van der Waals surface area (Å²) in [6.45, 7) is 0.757. The van der Waals surface area contributed by atoms with Crippen LogP contribution >= 0.6 is 27.3 Å². The minimum Gasteiger partial charge on any atom is -0.467 e. The van der Waals surface area contributed by atoms with Crippen molar-refractivity contribution < 1.29 is 4.42 Å². The highest BCUT2D eigenvalue weighted by molar-refractivity contribution is 9.10. The van der Waals surface area contributed by atoms with Crippen LogP contribution in [0.2, 0.25) is 0 Å². The molecule has 0 aliphatic heterocycles. The molecular formula is C10H10BrNOS. The summed E-state index contributed by atoms with van der Waals surface area (Å²) >= 11 is 5.23. The smallest absolute Gasteiger partial charge is 0.126 e. The number of furan rings is 1. The molecule has 4 heteroatoms. The van der Waals surface area contributed by atoms with Crippen molar-refractivity contribution >= 4 is 27.3 Å². The van der Waals surface area contributed by atoms with Gasteiger partial charge >= 0.3 is 0 Å². The Morgan fingerprint density at radius 1 is 1.50 bits per heavy atom. The van der Waals surface area contributed by atoms with Crippen molar-refractivity contribution in [3.8, 4) is 10.4 Å². The van der Waals surface area contributed by atoms with Gasteiger partial charge in [-0.1, -0.05) is 0 Å². The molecule has 2 aromatic heterocycles. The van der Waals surface area contributed by atoms with E-state index < -0.39 is 0 Å². The fourth-order valence-electron chi connectivity index (χ4n) is 1.33. The molecule has 0 aliphatic carbocycles. The van der Waals surface area contributed by atoms with Crippen molar-refractivity contribution in [1.82, 2.24) is 5.32 Å². The monoisotopic (exact) mass is 271 g/mol. The molecule has 0 atom stereocenters. The van der Waals surface area contributed by atoms with Gasteiger partial charge in [0.1, 0.15) is 5.76 Å². The molecule has 0 unspecified atom stereocenters. The lowest BCUT2D eigenvalue weighted by molar-refractivity contribution is 0.497. The Bertz CT molecular complexity index is 421. The zero-order valence-electron chi connectivity index (χ0n) is 7.71. The predicted molar refractivity (Wildman–Crippen MR) is 62.5 cm³/mol. The molecule has 0 saturated carbocycles. The molecule has 0 aliphatic rings. The van der Waals surface area contributed by atoms with E-state index in [1.54, 1.807) is 17.6 Å². The average Bonchev–Trinajstić information content (AvgIpc) is 2.74. The summed E-state index contributed by atoms with van der Waals surface area (Å²) < 4.78 is 6.53. The second-order valence-electron chi connectivity index (χ2n) is 2.89. The second-order valence-corrected chi connectivity index (χ2v) is 4.66. The van der Waals surface area contributed by atoms with Gasteiger partial charge in [-0.05, 0) is 40.5 Å². The van der Waals surface area contributed by atoms with Gasteiger partial charge in [-0.25, -0.2) is 0 Å². The second kappa shape index (κ2) is 4.29. The van der Waals surface area contributed by atoms with Crippen molar-refractivity contribution in [3.05, 3.63) is 34.0 Å². The Labute approximate surface area is 95.1 Å². The fraction of sp³-hybridized carbons (Fsp3) is 0.200. The topological polar surface area (TPSA) is 25.2 Å². The highest BCUT2D eigenvalue weighted by Gasteiger charge is 2.11. The first-order valence-electron chi connectivity index (χ1n) is 4.27. The molecule has 1 N–H and O–H groups in total. The van der Waals surface area contributed by atoms with Crippen LogP contribution in [0.5, 0.6) is 0 Å². The molecule has 0 aromatic carbocycles. The summed E-state index contributed by atoms with van der Waals surface area (Å²) in [6, 6.07) is 4.05. The summed E-state index contributed by atoms with van der Waals surface area (Å²) in [4.78, 5) is 1.23. The molecule has 2 heterocycles. The zero-order chi connectivity index (χ0) is 9.97. The highest BCUT2D eigenvalue weighted by Crippen LogP contribution is 2.35. The summed E-state index contributed by atoms with van der Waals surface area (Å²) in [5.74, 6) is 0.982. The van der Waals surface area contributed by atoms with Gasteiger partial charge in [-0.15, -0.1) is 11.3 Å². The van der Waals surface area contributed by atoms with Crippen LogP contribution in [0, 0.1) is 0 Å². The lowest BCUT2D eigenvalue weighted by Crippen LogP contribution is -2.04. The predicted octanol–water partition coefficient (Wildman–Crippen LogP) is 3.49. The van der Waals surface area contributed by atoms with Crippen molar-refractivity contribution in [1.29, 1.82) is 0 Å². The molecular weight excluding hydrogens is 262 g/mol. The van der Waals surface area contributed by atoms with Crippen LogP contribution in [0.25, 0.3) is 10.4 Å². The van der Waals surface area contributed by atoms with Crippen molar-refractivity contribution in [2.45, 2.75) is 6.54 Å². The summed E-state index contributed by atoms with van der Waals surface area (Å²) in [6.07, 6.45) is 1.73. The number of thiophene rings is 1. The molecule has 2 rings (SSSR count). The van der Waals surface area contributed by atoms with E-state index in [4.69, 9.17) is 4.42 Å². The van der Waals surface area contributed by atoms with Gasteiger partial charge in [0.2, 0.25) is 0 Å². The molecule has 74 valence electrons. The maximum absolute atomic E-state index is 5.41. The van der Waals surface area contributed by atoms with Crippen LogP contribution in [0.4, 0.5) is 0 Å². The summed E-state index contributed by atoms with van der Waals surface area (Å²) in [7, 11) is 1.91. The van der Waals surface area contributed by atoms with E-state index in [1.807, 2.05) is 13.1 Å². The third-order valence-corrected chi connectivity index (χ3v) is 3.82. The Balaban J connectivity index is 2.41. The lowest BCUT2D eigenvalue weighted by atomic mass is 10.2. The number of halogens is 1. The quantitative estimate of drug-likeness (QED) is 0.925. The minimum atomic E-state index is 0.757. The first kappa shape index (κ1) is 9.96. The van der Waals surface area contributed by atoms with Crippen LogP contribution in [0.1, 0.15) is 5.76 Å². The zero-order valence-corrected chi connectivity index (χ0v) is 10.1. The maximum Gasteiger partial charge on any atom is 0.126 e. The average molecular weight is 272 g/mol. The van der Waals surface area contributed by atoms with E-state index in [-0.39, 0.29) is 0 Å². The van der Waals surface area contributed by atoms with Crippen LogP contribution in [0.15, 0.2) is 32.7 Å². The van der Waals surface area contributed by atoms with Gasteiger partial charge in [0.05, 0.1) is 17.7 Å². The van der Waals surface area contributed by atoms with Crippen molar-refractivity contribution in [2.75, 3.05) is 7.05 Å². The molecule has 0 bridgehead atoms. The van der Waals surface area contributed by atoms with Gasteiger partial charge in [-0.2, -0.15) is 0 Å². The number of hydrogen-bond donors (Lipinski definition) is 1. The number of hydrogen-bond acceptors (Lipinski definition) is 3. The molecule has 0 spiro atoms. The molecule has 0 saturated heterocycles. The molecule has 0 radical (unpaired) electrons. The van der Waals surface area contributed by atoms with Crippen LogP contribution in [0.3, 0.4) is 0 Å². The minimum absolute atomic E-state index is 0.757. The van der Waals surface area contributed by atoms with Gasteiger partial charge in [0, 0.05) is 10.0 Å². The SMILES string of the molecule is CNCc1occc1-c1sccc1Br. The van der Waals surface area contributed by atoms with Gasteiger partial charge < -0.3 is 9.73 Å². The standard InChI is InChI=1S/C10H10BrNOS/c1-12-6-9-7(2-4-13-9)10-8(11)3-5-14-10/h2-5,12H,6H2,1H3. The number of rotatable bonds is 3. The van der Waals surface area contributed by atoms with E-state index in [1.165, 1.54) is 10.4 Å². The molecule has 2 nitrogen and oxygen atoms in total. The maximum atomic E-state index is 5.41. The molecule has 2 aromatic rings. The molecule has 0 amide bonds. The van der Waals surface area contributed by atoms with E-state index >= 15 is 0 Å². The third-order valence-electron chi connectivity index (χ3n) is 1.94. The Kier molecular flexibility index (Phi) is 3.05. The lowest BCUT2D eigenvalue weighted by Gasteiger charge is -1.99. The number of nitrogens with one attached hydrogen (secondary N) is 1. The first-order chi connectivity index (χ1) is 6.83. The summed E-state index contributed by atoms with van der Waals surface area (Å²) in [5, 5.41) is 5.15. The van der Waals surface area contributed by atoms with Crippen molar-refractivity contribution in [3.63, 3.8) is 0 Å². The first-order valence-corrected chi connectivity index (χ1v) is 5.94. The van der Waals surface area contributed by atoms with E-state index in [9.17, 15) is 0 Å². The highest BCUT2D eigenvalue weighted by atomic mass is 79.9. The summed E-state index contributed by atoms with van der Waals surface area (Å²) in [5.41, 5.74) is 1.17. The van der Waals surface area contributed by atoms with Crippen molar-refractivity contribution in [2.24, 2.45) is 0 Å². The third kappa shape index (κ3) is 1.78. The van der Waals surface area contributed by atoms with Crippen LogP contribution in [-0.4, -0.2) is 7.05 Å². The normalized spacial score (nSPS) is 10.7. The van der Waals surface area contributed by atoms with Gasteiger partial charge in [0.25, 0.3) is 0 Å². The fourth-order valence-corrected chi connectivity index (χ4v) is 2.96. The van der Waals surface area contributed by atoms with Crippen LogP contribution < -0.4 is 5.32 Å². The Hall–Kier alpha value is -0.580. The van der Waals surface area contributed by atoms with E-state index in [0.29, 0.717) is 0 Å². The molecule has 0 fully saturated rings. The van der Waals surface area contributed by atoms with Gasteiger partial charge in [-0.3, -0.25) is 0 Å². The largest absolute Gasteiger partial charge is 0.467 e. The van der Waals surface area contributed by atoms with Crippen LogP contribution in [-0.2, 0) is 6.54 Å². The molecule has 14 heavy (non-hydrogen) atoms. The van der Waals surface area contributed by atoms with E-state index in [0.717, 1.165) is 16.8 Å². The Morgan fingerprint density at radius 3 is 3.00 bits per heavy atom. The van der Waals surface area contributed by atoms with E-state index in [2.05, 4.69) is 32.7 Å². The Morgan fingerprint density at radius 2 is 2.36 bits per heavy atom.